The SMILES string of the molecule is O=C(CCC1CCCC1)N1CCN(C(=O)c2cc3ccccc3o2)CC1. The van der Waals surface area contributed by atoms with Crippen LogP contribution in [-0.2, 0) is 4.79 Å². The van der Waals surface area contributed by atoms with E-state index in [0.717, 1.165) is 23.3 Å². The molecule has 2 aromatic rings. The van der Waals surface area contributed by atoms with E-state index in [2.05, 4.69) is 0 Å². The smallest absolute Gasteiger partial charge is 0.289 e. The van der Waals surface area contributed by atoms with Crippen LogP contribution in [-0.4, -0.2) is 47.8 Å². The van der Waals surface area contributed by atoms with Crippen molar-refractivity contribution < 1.29 is 14.0 Å². The number of amides is 2. The number of hydrogen-bond acceptors (Lipinski definition) is 3. The number of hydrogen-bond donors (Lipinski definition) is 0. The summed E-state index contributed by atoms with van der Waals surface area (Å²) in [5.41, 5.74) is 0.733. The monoisotopic (exact) mass is 354 g/mol. The summed E-state index contributed by atoms with van der Waals surface area (Å²) in [7, 11) is 0. The third kappa shape index (κ3) is 3.62. The molecule has 1 aliphatic heterocycles. The number of para-hydroxylation sites is 1. The Kier molecular flexibility index (Phi) is 4.96. The van der Waals surface area contributed by atoms with Gasteiger partial charge in [0.15, 0.2) is 5.76 Å². The molecule has 5 heteroatoms. The Morgan fingerprint density at radius 2 is 1.69 bits per heavy atom. The molecule has 1 saturated carbocycles. The number of rotatable bonds is 4. The average Bonchev–Trinajstić information content (AvgIpc) is 3.35. The van der Waals surface area contributed by atoms with Crippen molar-refractivity contribution in [1.82, 2.24) is 9.80 Å². The fourth-order valence-electron chi connectivity index (χ4n) is 4.19. The van der Waals surface area contributed by atoms with Gasteiger partial charge < -0.3 is 14.2 Å². The first-order valence-electron chi connectivity index (χ1n) is 9.76. The molecule has 0 atom stereocenters. The van der Waals surface area contributed by atoms with Gasteiger partial charge in [-0.2, -0.15) is 0 Å². The highest BCUT2D eigenvalue weighted by atomic mass is 16.3. The highest BCUT2D eigenvalue weighted by Crippen LogP contribution is 2.28. The quantitative estimate of drug-likeness (QED) is 0.841. The van der Waals surface area contributed by atoms with E-state index in [1.165, 1.54) is 25.7 Å². The van der Waals surface area contributed by atoms with Crippen molar-refractivity contribution in [2.24, 2.45) is 5.92 Å². The van der Waals surface area contributed by atoms with Gasteiger partial charge in [-0.25, -0.2) is 0 Å². The molecule has 0 radical (unpaired) electrons. The van der Waals surface area contributed by atoms with Crippen molar-refractivity contribution >= 4 is 22.8 Å². The number of nitrogens with zero attached hydrogens (tertiary/aromatic N) is 2. The van der Waals surface area contributed by atoms with Crippen LogP contribution in [0.25, 0.3) is 11.0 Å². The number of benzene rings is 1. The Morgan fingerprint density at radius 1 is 1.00 bits per heavy atom. The van der Waals surface area contributed by atoms with E-state index >= 15 is 0 Å². The molecule has 2 fully saturated rings. The topological polar surface area (TPSA) is 53.8 Å². The molecular weight excluding hydrogens is 328 g/mol. The van der Waals surface area contributed by atoms with Crippen LogP contribution in [0.4, 0.5) is 0 Å². The van der Waals surface area contributed by atoms with Gasteiger partial charge in [0, 0.05) is 38.0 Å². The Labute approximate surface area is 153 Å². The van der Waals surface area contributed by atoms with Gasteiger partial charge in [-0.15, -0.1) is 0 Å². The van der Waals surface area contributed by atoms with E-state index < -0.39 is 0 Å². The Balaban J connectivity index is 1.29. The number of furan rings is 1. The molecule has 1 aromatic carbocycles. The lowest BCUT2D eigenvalue weighted by Crippen LogP contribution is -2.50. The third-order valence-corrected chi connectivity index (χ3v) is 5.80. The lowest BCUT2D eigenvalue weighted by Gasteiger charge is -2.34. The first-order valence-corrected chi connectivity index (χ1v) is 9.76. The molecule has 2 heterocycles. The van der Waals surface area contributed by atoms with E-state index in [0.29, 0.717) is 38.4 Å². The lowest BCUT2D eigenvalue weighted by molar-refractivity contribution is -0.133. The number of carbonyl (C=O) groups excluding carboxylic acids is 2. The van der Waals surface area contributed by atoms with Crippen molar-refractivity contribution in [1.29, 1.82) is 0 Å². The zero-order valence-corrected chi connectivity index (χ0v) is 15.2. The molecule has 0 unspecified atom stereocenters. The summed E-state index contributed by atoms with van der Waals surface area (Å²) in [6.45, 7) is 2.39. The van der Waals surface area contributed by atoms with E-state index in [-0.39, 0.29) is 11.8 Å². The van der Waals surface area contributed by atoms with Crippen LogP contribution in [0.1, 0.15) is 49.1 Å². The molecule has 1 aliphatic carbocycles. The summed E-state index contributed by atoms with van der Waals surface area (Å²) >= 11 is 0. The zero-order valence-electron chi connectivity index (χ0n) is 15.2. The summed E-state index contributed by atoms with van der Waals surface area (Å²) in [6.07, 6.45) is 6.89. The summed E-state index contributed by atoms with van der Waals surface area (Å²) in [5.74, 6) is 1.29. The standard InChI is InChI=1S/C21H26N2O3/c24-20(10-9-16-5-1-2-6-16)22-11-13-23(14-12-22)21(25)19-15-17-7-3-4-8-18(17)26-19/h3-4,7-8,15-16H,1-2,5-6,9-14H2. The fourth-order valence-corrected chi connectivity index (χ4v) is 4.19. The van der Waals surface area contributed by atoms with E-state index in [1.54, 1.807) is 11.0 Å². The maximum Gasteiger partial charge on any atom is 0.289 e. The largest absolute Gasteiger partial charge is 0.451 e. The second-order valence-corrected chi connectivity index (χ2v) is 7.51. The van der Waals surface area contributed by atoms with E-state index in [1.807, 2.05) is 29.2 Å². The van der Waals surface area contributed by atoms with Gasteiger partial charge in [-0.3, -0.25) is 9.59 Å². The second-order valence-electron chi connectivity index (χ2n) is 7.51. The number of fused-ring (bicyclic) bond motifs is 1. The van der Waals surface area contributed by atoms with Gasteiger partial charge in [0.25, 0.3) is 5.91 Å². The van der Waals surface area contributed by atoms with Crippen LogP contribution < -0.4 is 0 Å². The first-order chi connectivity index (χ1) is 12.7. The predicted molar refractivity (Wildman–Crippen MR) is 99.9 cm³/mol. The van der Waals surface area contributed by atoms with Gasteiger partial charge in [-0.1, -0.05) is 43.9 Å². The maximum absolute atomic E-state index is 12.7. The van der Waals surface area contributed by atoms with Gasteiger partial charge in [0.1, 0.15) is 5.58 Å². The molecule has 1 aromatic heterocycles. The molecular formula is C21H26N2O3. The molecule has 4 rings (SSSR count). The van der Waals surface area contributed by atoms with Crippen molar-refractivity contribution in [3.05, 3.63) is 36.1 Å². The Morgan fingerprint density at radius 3 is 2.42 bits per heavy atom. The van der Waals surface area contributed by atoms with Gasteiger partial charge in [-0.05, 0) is 24.5 Å². The highest BCUT2D eigenvalue weighted by molar-refractivity contribution is 5.96. The van der Waals surface area contributed by atoms with Crippen LogP contribution >= 0.6 is 0 Å². The normalized spacial score (nSPS) is 18.6. The van der Waals surface area contributed by atoms with Crippen LogP contribution in [0.15, 0.2) is 34.7 Å². The van der Waals surface area contributed by atoms with Gasteiger partial charge in [0.05, 0.1) is 0 Å². The van der Waals surface area contributed by atoms with Crippen LogP contribution in [0.2, 0.25) is 0 Å². The summed E-state index contributed by atoms with van der Waals surface area (Å²) in [6, 6.07) is 9.44. The predicted octanol–water partition coefficient (Wildman–Crippen LogP) is 3.69. The lowest BCUT2D eigenvalue weighted by atomic mass is 10.0. The molecule has 2 aliphatic rings. The van der Waals surface area contributed by atoms with Gasteiger partial charge >= 0.3 is 0 Å². The molecule has 26 heavy (non-hydrogen) atoms. The molecule has 0 N–H and O–H groups in total. The summed E-state index contributed by atoms with van der Waals surface area (Å²) < 4.78 is 5.68. The van der Waals surface area contributed by atoms with Crippen molar-refractivity contribution in [3.63, 3.8) is 0 Å². The molecule has 5 nitrogen and oxygen atoms in total. The van der Waals surface area contributed by atoms with Gasteiger partial charge in [0.2, 0.25) is 5.91 Å². The van der Waals surface area contributed by atoms with Crippen LogP contribution in [0.3, 0.4) is 0 Å². The Bertz CT molecular complexity index is 750. The zero-order chi connectivity index (χ0) is 17.9. The van der Waals surface area contributed by atoms with Crippen molar-refractivity contribution in [3.8, 4) is 0 Å². The molecule has 2 amide bonds. The minimum Gasteiger partial charge on any atom is -0.451 e. The van der Waals surface area contributed by atoms with Crippen molar-refractivity contribution in [2.45, 2.75) is 38.5 Å². The van der Waals surface area contributed by atoms with Crippen molar-refractivity contribution in [2.75, 3.05) is 26.2 Å². The molecule has 0 spiro atoms. The number of piperazine rings is 1. The summed E-state index contributed by atoms with van der Waals surface area (Å²) in [4.78, 5) is 28.8. The highest BCUT2D eigenvalue weighted by Gasteiger charge is 2.27. The molecule has 1 saturated heterocycles. The third-order valence-electron chi connectivity index (χ3n) is 5.80. The minimum atomic E-state index is -0.0840. The second kappa shape index (κ2) is 7.52. The minimum absolute atomic E-state index is 0.0840. The Hall–Kier alpha value is -2.30. The van der Waals surface area contributed by atoms with E-state index in [4.69, 9.17) is 4.42 Å². The molecule has 0 bridgehead atoms. The number of carbonyl (C=O) groups is 2. The maximum atomic E-state index is 12.7. The van der Waals surface area contributed by atoms with Crippen LogP contribution in [0.5, 0.6) is 0 Å². The van der Waals surface area contributed by atoms with E-state index in [9.17, 15) is 9.59 Å². The average molecular weight is 354 g/mol. The first kappa shape index (κ1) is 17.1. The summed E-state index contributed by atoms with van der Waals surface area (Å²) in [5, 5.41) is 0.941. The fraction of sp³-hybridized carbons (Fsp3) is 0.524. The molecule has 138 valence electrons. The van der Waals surface area contributed by atoms with Crippen LogP contribution in [0, 0.1) is 5.92 Å².